The Morgan fingerprint density at radius 1 is 1.03 bits per heavy atom. The fourth-order valence-electron chi connectivity index (χ4n) is 3.68. The number of aromatic nitrogens is 2. The van der Waals surface area contributed by atoms with E-state index in [1.54, 1.807) is 37.4 Å². The fourth-order valence-corrected chi connectivity index (χ4v) is 3.68. The molecule has 9 heteroatoms. The van der Waals surface area contributed by atoms with E-state index in [2.05, 4.69) is 15.5 Å². The monoisotopic (exact) mass is 445 g/mol. The van der Waals surface area contributed by atoms with Crippen LogP contribution in [0, 0.1) is 0 Å². The zero-order chi connectivity index (χ0) is 22.6. The van der Waals surface area contributed by atoms with E-state index in [9.17, 15) is 4.79 Å². The third-order valence-corrected chi connectivity index (χ3v) is 5.32. The van der Waals surface area contributed by atoms with Crippen molar-refractivity contribution in [2.45, 2.75) is 0 Å². The number of nitrogens with zero attached hydrogens (tertiary/aromatic N) is 3. The van der Waals surface area contributed by atoms with Gasteiger partial charge < -0.3 is 29.4 Å². The molecular formula is C24H23N5O4. The topological polar surface area (TPSA) is 102 Å². The third-order valence-electron chi connectivity index (χ3n) is 5.32. The first-order valence-electron chi connectivity index (χ1n) is 10.6. The zero-order valence-electron chi connectivity index (χ0n) is 18.1. The Morgan fingerprint density at radius 3 is 2.55 bits per heavy atom. The molecule has 5 rings (SSSR count). The first kappa shape index (κ1) is 20.8. The first-order chi connectivity index (χ1) is 16.2. The summed E-state index contributed by atoms with van der Waals surface area (Å²) < 4.78 is 16.2. The van der Waals surface area contributed by atoms with Crippen LogP contribution in [0.1, 0.15) is 10.6 Å². The number of rotatable bonds is 6. The Bertz CT molecular complexity index is 1270. The lowest BCUT2D eigenvalue weighted by atomic mass is 10.2. The average Bonchev–Trinajstić information content (AvgIpc) is 3.40. The van der Waals surface area contributed by atoms with E-state index in [0.29, 0.717) is 36.2 Å². The minimum absolute atomic E-state index is 0.232. The van der Waals surface area contributed by atoms with Gasteiger partial charge in [-0.2, -0.15) is 0 Å². The van der Waals surface area contributed by atoms with Gasteiger partial charge in [0.25, 0.3) is 5.91 Å². The summed E-state index contributed by atoms with van der Waals surface area (Å²) in [5, 5.41) is 6.21. The third kappa shape index (κ3) is 4.44. The van der Waals surface area contributed by atoms with Gasteiger partial charge in [-0.05, 0) is 42.5 Å². The van der Waals surface area contributed by atoms with Crippen molar-refractivity contribution >= 4 is 40.0 Å². The van der Waals surface area contributed by atoms with Crippen molar-refractivity contribution in [3.8, 4) is 5.75 Å². The van der Waals surface area contributed by atoms with Crippen LogP contribution in [0.3, 0.4) is 0 Å². The molecule has 33 heavy (non-hydrogen) atoms. The average molecular weight is 445 g/mol. The predicted molar refractivity (Wildman–Crippen MR) is 126 cm³/mol. The molecule has 0 saturated carbocycles. The quantitative estimate of drug-likeness (QED) is 0.458. The van der Waals surface area contributed by atoms with Crippen molar-refractivity contribution in [3.63, 3.8) is 0 Å². The second kappa shape index (κ2) is 9.17. The van der Waals surface area contributed by atoms with Gasteiger partial charge in [0, 0.05) is 18.8 Å². The van der Waals surface area contributed by atoms with Crippen molar-refractivity contribution < 1.29 is 18.7 Å². The van der Waals surface area contributed by atoms with E-state index in [4.69, 9.17) is 23.9 Å². The first-order valence-corrected chi connectivity index (χ1v) is 10.6. The number of morpholine rings is 1. The minimum atomic E-state index is -0.337. The maximum Gasteiger partial charge on any atom is 0.291 e. The van der Waals surface area contributed by atoms with Crippen LogP contribution in [-0.2, 0) is 4.74 Å². The number of anilines is 4. The molecule has 0 unspecified atom stereocenters. The van der Waals surface area contributed by atoms with Crippen molar-refractivity contribution in [1.29, 1.82) is 0 Å². The lowest BCUT2D eigenvalue weighted by Crippen LogP contribution is -2.37. The van der Waals surface area contributed by atoms with Gasteiger partial charge in [-0.25, -0.2) is 9.97 Å². The number of furan rings is 1. The van der Waals surface area contributed by atoms with E-state index in [-0.39, 0.29) is 11.7 Å². The number of hydrogen-bond acceptors (Lipinski definition) is 8. The second-order valence-corrected chi connectivity index (χ2v) is 7.46. The number of ether oxygens (including phenoxy) is 2. The van der Waals surface area contributed by atoms with Gasteiger partial charge >= 0.3 is 0 Å². The molecule has 9 nitrogen and oxygen atoms in total. The molecule has 168 valence electrons. The van der Waals surface area contributed by atoms with Gasteiger partial charge in [0.2, 0.25) is 0 Å². The molecule has 1 aliphatic heterocycles. The highest BCUT2D eigenvalue weighted by atomic mass is 16.5. The van der Waals surface area contributed by atoms with Crippen LogP contribution in [0.5, 0.6) is 5.75 Å². The minimum Gasteiger partial charge on any atom is -0.495 e. The molecule has 1 amide bonds. The summed E-state index contributed by atoms with van der Waals surface area (Å²) in [6.45, 7) is 2.70. The summed E-state index contributed by atoms with van der Waals surface area (Å²) >= 11 is 0. The van der Waals surface area contributed by atoms with Crippen LogP contribution in [0.2, 0.25) is 0 Å². The molecule has 1 fully saturated rings. The van der Waals surface area contributed by atoms with Gasteiger partial charge in [0.1, 0.15) is 5.75 Å². The SMILES string of the molecule is COc1ccc(NC(=O)c2ccco2)cc1Nc1nc2ccccc2nc1N1CCOCC1. The number of benzene rings is 2. The van der Waals surface area contributed by atoms with Crippen LogP contribution >= 0.6 is 0 Å². The number of methoxy groups -OCH3 is 1. The van der Waals surface area contributed by atoms with Crippen molar-refractivity contribution in [2.24, 2.45) is 0 Å². The molecule has 0 aliphatic carbocycles. The summed E-state index contributed by atoms with van der Waals surface area (Å²) in [4.78, 5) is 24.3. The van der Waals surface area contributed by atoms with Crippen LogP contribution < -0.4 is 20.3 Å². The number of carbonyl (C=O) groups excluding carboxylic acids is 1. The highest BCUT2D eigenvalue weighted by Crippen LogP contribution is 2.34. The Morgan fingerprint density at radius 2 is 1.82 bits per heavy atom. The molecule has 2 aromatic heterocycles. The van der Waals surface area contributed by atoms with Gasteiger partial charge in [0.15, 0.2) is 17.4 Å². The summed E-state index contributed by atoms with van der Waals surface area (Å²) in [7, 11) is 1.59. The number of nitrogens with one attached hydrogen (secondary N) is 2. The summed E-state index contributed by atoms with van der Waals surface area (Å²) in [6.07, 6.45) is 1.46. The maximum atomic E-state index is 12.4. The molecule has 3 heterocycles. The van der Waals surface area contributed by atoms with Crippen LogP contribution in [0.25, 0.3) is 11.0 Å². The zero-order valence-corrected chi connectivity index (χ0v) is 18.1. The van der Waals surface area contributed by atoms with Crippen LogP contribution in [0.15, 0.2) is 65.3 Å². The van der Waals surface area contributed by atoms with Crippen molar-refractivity contribution in [1.82, 2.24) is 9.97 Å². The number of para-hydroxylation sites is 2. The molecular weight excluding hydrogens is 422 g/mol. The largest absolute Gasteiger partial charge is 0.495 e. The number of carbonyl (C=O) groups is 1. The summed E-state index contributed by atoms with van der Waals surface area (Å²) in [5.41, 5.74) is 2.82. The van der Waals surface area contributed by atoms with Gasteiger partial charge in [-0.3, -0.25) is 4.79 Å². The Kier molecular flexibility index (Phi) is 5.77. The molecule has 0 spiro atoms. The molecule has 1 saturated heterocycles. The standard InChI is InChI=1S/C24H23N5O4/c1-31-20-9-8-16(25-24(30)21-7-4-12-33-21)15-19(20)27-22-23(29-10-13-32-14-11-29)28-18-6-3-2-5-17(18)26-22/h2-9,12,15H,10-11,13-14H2,1H3,(H,25,30)(H,26,27). The molecule has 2 aromatic carbocycles. The Labute approximate surface area is 190 Å². The number of fused-ring (bicyclic) bond motifs is 1. The molecule has 0 bridgehead atoms. The smallest absolute Gasteiger partial charge is 0.291 e. The van der Waals surface area contributed by atoms with E-state index >= 15 is 0 Å². The highest BCUT2D eigenvalue weighted by molar-refractivity contribution is 6.02. The molecule has 4 aromatic rings. The van der Waals surface area contributed by atoms with Gasteiger partial charge in [0.05, 0.1) is 43.3 Å². The van der Waals surface area contributed by atoms with Crippen LogP contribution in [-0.4, -0.2) is 49.3 Å². The molecule has 0 radical (unpaired) electrons. The molecule has 1 aliphatic rings. The second-order valence-electron chi connectivity index (χ2n) is 7.46. The fraction of sp³-hybridized carbons (Fsp3) is 0.208. The van der Waals surface area contributed by atoms with Gasteiger partial charge in [-0.1, -0.05) is 12.1 Å². The normalized spacial score (nSPS) is 13.7. The lowest BCUT2D eigenvalue weighted by Gasteiger charge is -2.29. The molecule has 0 atom stereocenters. The van der Waals surface area contributed by atoms with E-state index in [0.717, 1.165) is 29.9 Å². The summed E-state index contributed by atoms with van der Waals surface area (Å²) in [6, 6.07) is 16.4. The maximum absolute atomic E-state index is 12.4. The van der Waals surface area contributed by atoms with Crippen molar-refractivity contribution in [3.05, 3.63) is 66.6 Å². The predicted octanol–water partition coefficient (Wildman–Crippen LogP) is 4.06. The van der Waals surface area contributed by atoms with Gasteiger partial charge in [-0.15, -0.1) is 0 Å². The summed E-state index contributed by atoms with van der Waals surface area (Å²) in [5.74, 6) is 1.84. The van der Waals surface area contributed by atoms with Crippen LogP contribution in [0.4, 0.5) is 23.0 Å². The van der Waals surface area contributed by atoms with Crippen molar-refractivity contribution in [2.75, 3.05) is 48.9 Å². The lowest BCUT2D eigenvalue weighted by molar-refractivity contribution is 0.0996. The molecule has 2 N–H and O–H groups in total. The van der Waals surface area contributed by atoms with E-state index in [1.807, 2.05) is 24.3 Å². The Hall–Kier alpha value is -4.11. The number of amides is 1. The number of hydrogen-bond donors (Lipinski definition) is 2. The van der Waals surface area contributed by atoms with E-state index in [1.165, 1.54) is 6.26 Å². The van der Waals surface area contributed by atoms with E-state index < -0.39 is 0 Å². The Balaban J connectivity index is 1.50. The highest BCUT2D eigenvalue weighted by Gasteiger charge is 2.20.